The summed E-state index contributed by atoms with van der Waals surface area (Å²) in [5.41, 5.74) is 19.1. The van der Waals surface area contributed by atoms with Crippen LogP contribution in [0, 0.1) is 5.82 Å². The van der Waals surface area contributed by atoms with Crippen LogP contribution in [0.2, 0.25) is 0 Å². The molecule has 0 saturated heterocycles. The molecule has 3 rings (SSSR count). The van der Waals surface area contributed by atoms with E-state index in [4.69, 9.17) is 21.9 Å². The Kier molecular flexibility index (Phi) is 11.4. The monoisotopic (exact) mass is 570 g/mol. The van der Waals surface area contributed by atoms with Gasteiger partial charge in [-0.3, -0.25) is 14.4 Å². The largest absolute Gasteiger partial charge is 0.492 e. The predicted molar refractivity (Wildman–Crippen MR) is 155 cm³/mol. The number of carbonyl (C=O) groups excluding carboxylic acids is 3. The van der Waals surface area contributed by atoms with Crippen molar-refractivity contribution >= 4 is 36.0 Å². The second kappa shape index (κ2) is 14.5. The molecule has 1 aliphatic heterocycles. The van der Waals surface area contributed by atoms with Crippen LogP contribution in [0.1, 0.15) is 44.2 Å². The smallest absolute Gasteiger partial charge is 0.423 e. The Hall–Kier alpha value is -3.36. The SMILES string of the molecule is CC1(C)OB(O)c2cc(NC(=O)[C@@H](CCc3ccc(F)cc3)NC(=O)[C@@H](N)CCC(=O)N(CCN)CCN)ccc21. The Labute approximate surface area is 240 Å². The molecule has 0 bridgehead atoms. The summed E-state index contributed by atoms with van der Waals surface area (Å²) >= 11 is 0. The van der Waals surface area contributed by atoms with Gasteiger partial charge in [0.25, 0.3) is 0 Å². The summed E-state index contributed by atoms with van der Waals surface area (Å²) in [4.78, 5) is 40.4. The first-order valence-electron chi connectivity index (χ1n) is 13.7. The number of hydrogen-bond donors (Lipinski definition) is 6. The maximum Gasteiger partial charge on any atom is 0.492 e. The molecule has 1 heterocycles. The van der Waals surface area contributed by atoms with Crippen LogP contribution < -0.4 is 33.3 Å². The van der Waals surface area contributed by atoms with E-state index in [2.05, 4.69) is 10.6 Å². The number of nitrogens with two attached hydrogens (primary N) is 3. The fourth-order valence-corrected chi connectivity index (χ4v) is 4.78. The average Bonchev–Trinajstić information content (AvgIpc) is 3.16. The van der Waals surface area contributed by atoms with Gasteiger partial charge in [-0.05, 0) is 74.0 Å². The van der Waals surface area contributed by atoms with Crippen molar-refractivity contribution in [2.75, 3.05) is 31.5 Å². The summed E-state index contributed by atoms with van der Waals surface area (Å²) < 4.78 is 18.9. The van der Waals surface area contributed by atoms with Gasteiger partial charge >= 0.3 is 7.12 Å². The Balaban J connectivity index is 1.69. The van der Waals surface area contributed by atoms with Crippen LogP contribution in [0.3, 0.4) is 0 Å². The van der Waals surface area contributed by atoms with Gasteiger partial charge in [-0.15, -0.1) is 0 Å². The summed E-state index contributed by atoms with van der Waals surface area (Å²) in [5, 5.41) is 15.8. The molecule has 2 aromatic carbocycles. The Morgan fingerprint density at radius 3 is 2.34 bits per heavy atom. The third-order valence-corrected chi connectivity index (χ3v) is 7.06. The molecule has 2 atom stereocenters. The topological polar surface area (TPSA) is 186 Å². The standard InChI is InChI=1S/C28H40BFN6O5/c1-28(2)21-9-8-20(17-22(21)29(40)41-28)34-27(39)24(11-5-18-3-6-19(30)7-4-18)35-26(38)23(33)10-12-25(37)36(15-13-31)16-14-32/h3-4,6-9,17,23-24,40H,5,10-16,31-33H2,1-2H3,(H,34,39)(H,35,38)/t23-,24+/m0/s1. The first kappa shape index (κ1) is 32.2. The van der Waals surface area contributed by atoms with E-state index in [1.54, 1.807) is 30.3 Å². The molecule has 0 aromatic heterocycles. The normalized spacial score (nSPS) is 15.1. The number of amides is 3. The van der Waals surface area contributed by atoms with Crippen molar-refractivity contribution in [3.8, 4) is 0 Å². The number of nitrogens with one attached hydrogen (secondary N) is 2. The minimum absolute atomic E-state index is 0.0247. The first-order valence-corrected chi connectivity index (χ1v) is 13.7. The van der Waals surface area contributed by atoms with Gasteiger partial charge in [0.15, 0.2) is 0 Å². The molecule has 9 N–H and O–H groups in total. The molecule has 13 heteroatoms. The van der Waals surface area contributed by atoms with E-state index in [0.717, 1.165) is 11.1 Å². The molecule has 1 aliphatic rings. The van der Waals surface area contributed by atoms with Crippen molar-refractivity contribution in [2.24, 2.45) is 17.2 Å². The van der Waals surface area contributed by atoms with E-state index in [0.29, 0.717) is 30.7 Å². The Morgan fingerprint density at radius 1 is 1.05 bits per heavy atom. The number of halogens is 1. The number of carbonyl (C=O) groups is 3. The van der Waals surface area contributed by atoms with Crippen LogP contribution in [0.5, 0.6) is 0 Å². The van der Waals surface area contributed by atoms with Gasteiger partial charge in [0, 0.05) is 38.3 Å². The van der Waals surface area contributed by atoms with E-state index in [1.165, 1.54) is 17.0 Å². The second-order valence-corrected chi connectivity index (χ2v) is 10.6. The number of aryl methyl sites for hydroxylation is 1. The molecule has 0 saturated carbocycles. The molecule has 3 amide bonds. The van der Waals surface area contributed by atoms with Gasteiger partial charge < -0.3 is 42.4 Å². The summed E-state index contributed by atoms with van der Waals surface area (Å²) in [6.45, 7) is 4.96. The second-order valence-electron chi connectivity index (χ2n) is 10.6. The fourth-order valence-electron chi connectivity index (χ4n) is 4.78. The van der Waals surface area contributed by atoms with Crippen LogP contribution in [0.4, 0.5) is 10.1 Å². The molecular formula is C28H40BFN6O5. The van der Waals surface area contributed by atoms with Crippen molar-refractivity contribution < 1.29 is 28.5 Å². The molecule has 2 aromatic rings. The van der Waals surface area contributed by atoms with Crippen molar-refractivity contribution in [3.63, 3.8) is 0 Å². The maximum absolute atomic E-state index is 13.4. The van der Waals surface area contributed by atoms with Gasteiger partial charge in [-0.2, -0.15) is 0 Å². The number of anilines is 1. The molecule has 0 radical (unpaired) electrons. The fraction of sp³-hybridized carbons (Fsp3) is 0.464. The summed E-state index contributed by atoms with van der Waals surface area (Å²) in [6.07, 6.45) is 0.682. The van der Waals surface area contributed by atoms with Gasteiger partial charge in [-0.1, -0.05) is 18.2 Å². The molecule has 222 valence electrons. The van der Waals surface area contributed by atoms with Crippen molar-refractivity contribution in [2.45, 2.75) is 57.2 Å². The first-order chi connectivity index (χ1) is 19.4. The van der Waals surface area contributed by atoms with Gasteiger partial charge in [0.05, 0.1) is 11.6 Å². The summed E-state index contributed by atoms with van der Waals surface area (Å²) in [7, 11) is -1.13. The Morgan fingerprint density at radius 2 is 1.71 bits per heavy atom. The van der Waals surface area contributed by atoms with E-state index in [-0.39, 0.29) is 44.1 Å². The zero-order valence-electron chi connectivity index (χ0n) is 23.6. The highest BCUT2D eigenvalue weighted by molar-refractivity contribution is 6.62. The van der Waals surface area contributed by atoms with E-state index in [1.807, 2.05) is 13.8 Å². The zero-order valence-corrected chi connectivity index (χ0v) is 23.6. The maximum atomic E-state index is 13.4. The third kappa shape index (κ3) is 8.81. The van der Waals surface area contributed by atoms with Crippen LogP contribution in [-0.2, 0) is 31.1 Å². The van der Waals surface area contributed by atoms with E-state index in [9.17, 15) is 23.8 Å². The highest BCUT2D eigenvalue weighted by atomic mass is 19.1. The van der Waals surface area contributed by atoms with Crippen LogP contribution in [-0.4, -0.2) is 73.0 Å². The number of nitrogens with zero attached hydrogens (tertiary/aromatic N) is 1. The molecular weight excluding hydrogens is 530 g/mol. The summed E-state index contributed by atoms with van der Waals surface area (Å²) in [5.74, 6) is -1.66. The van der Waals surface area contributed by atoms with Crippen molar-refractivity contribution in [1.82, 2.24) is 10.2 Å². The third-order valence-electron chi connectivity index (χ3n) is 7.06. The van der Waals surface area contributed by atoms with Crippen LogP contribution in [0.15, 0.2) is 42.5 Å². The number of benzene rings is 2. The van der Waals surface area contributed by atoms with Crippen molar-refractivity contribution in [1.29, 1.82) is 0 Å². The number of rotatable bonds is 14. The minimum atomic E-state index is -1.13. The average molecular weight is 570 g/mol. The van der Waals surface area contributed by atoms with Crippen LogP contribution >= 0.6 is 0 Å². The number of fused-ring (bicyclic) bond motifs is 1. The Bertz CT molecular complexity index is 1210. The molecule has 0 unspecified atom stereocenters. The number of hydrogen-bond acceptors (Lipinski definition) is 8. The van der Waals surface area contributed by atoms with Gasteiger partial charge in [0.1, 0.15) is 11.9 Å². The van der Waals surface area contributed by atoms with Crippen LogP contribution in [0.25, 0.3) is 0 Å². The molecule has 41 heavy (non-hydrogen) atoms. The van der Waals surface area contributed by atoms with Gasteiger partial charge in [0.2, 0.25) is 17.7 Å². The van der Waals surface area contributed by atoms with Crippen molar-refractivity contribution in [3.05, 3.63) is 59.4 Å². The minimum Gasteiger partial charge on any atom is -0.423 e. The lowest BCUT2D eigenvalue weighted by Gasteiger charge is -2.23. The highest BCUT2D eigenvalue weighted by Gasteiger charge is 2.40. The predicted octanol–water partition coefficient (Wildman–Crippen LogP) is -0.312. The zero-order chi connectivity index (χ0) is 30.2. The lowest BCUT2D eigenvalue weighted by atomic mass is 9.78. The lowest BCUT2D eigenvalue weighted by molar-refractivity contribution is -0.132. The molecule has 0 aliphatic carbocycles. The highest BCUT2D eigenvalue weighted by Crippen LogP contribution is 2.30. The lowest BCUT2D eigenvalue weighted by Crippen LogP contribution is -2.50. The summed E-state index contributed by atoms with van der Waals surface area (Å²) in [6, 6.07) is 8.98. The van der Waals surface area contributed by atoms with E-state index >= 15 is 0 Å². The van der Waals surface area contributed by atoms with Gasteiger partial charge in [-0.25, -0.2) is 4.39 Å². The molecule has 0 spiro atoms. The molecule has 11 nitrogen and oxygen atoms in total. The quantitative estimate of drug-likeness (QED) is 0.167. The molecule has 0 fully saturated rings. The van der Waals surface area contributed by atoms with E-state index < -0.39 is 36.6 Å².